The quantitative estimate of drug-likeness (QED) is 0.288. The molecule has 0 atom stereocenters. The third kappa shape index (κ3) is 9.83. The third-order valence-corrected chi connectivity index (χ3v) is 4.85. The summed E-state index contributed by atoms with van der Waals surface area (Å²) in [7, 11) is 1.62. The maximum atomic E-state index is 12.6. The molecule has 1 amide bonds. The molecule has 0 aliphatic heterocycles. The van der Waals surface area contributed by atoms with Gasteiger partial charge in [0, 0.05) is 30.7 Å². The molecule has 3 heterocycles. The second kappa shape index (κ2) is 13.8. The molecule has 4 rings (SSSR count). The van der Waals surface area contributed by atoms with Gasteiger partial charge in [0.2, 0.25) is 0 Å². The Morgan fingerprint density at radius 2 is 1.49 bits per heavy atom. The van der Waals surface area contributed by atoms with Crippen LogP contribution in [0.1, 0.15) is 15.9 Å². The predicted octanol–water partition coefficient (Wildman–Crippen LogP) is 4.60. The van der Waals surface area contributed by atoms with E-state index >= 15 is 0 Å². The number of nitrogens with zero attached hydrogens (tertiary/aromatic N) is 3. The third-order valence-electron chi connectivity index (χ3n) is 4.85. The number of carbonyl (C=O) groups is 3. The van der Waals surface area contributed by atoms with Crippen LogP contribution < -0.4 is 10.1 Å². The van der Waals surface area contributed by atoms with E-state index in [-0.39, 0.29) is 5.91 Å². The fourth-order valence-electron chi connectivity index (χ4n) is 2.93. The number of alkyl halides is 6. The maximum absolute atomic E-state index is 12.6. The highest BCUT2D eigenvalue weighted by Gasteiger charge is 2.38. The minimum absolute atomic E-state index is 0.163. The molecule has 0 aliphatic carbocycles. The number of nitrogens with one attached hydrogen (secondary N) is 1. The first-order chi connectivity index (χ1) is 19.1. The van der Waals surface area contributed by atoms with Gasteiger partial charge in [0.05, 0.1) is 24.4 Å². The molecule has 0 bridgehead atoms. The van der Waals surface area contributed by atoms with E-state index in [1.807, 2.05) is 54.7 Å². The van der Waals surface area contributed by atoms with Gasteiger partial charge in [0.25, 0.3) is 5.91 Å². The van der Waals surface area contributed by atoms with E-state index in [1.54, 1.807) is 30.2 Å². The van der Waals surface area contributed by atoms with Crippen molar-refractivity contribution in [1.82, 2.24) is 19.9 Å². The summed E-state index contributed by atoms with van der Waals surface area (Å²) in [6.07, 6.45) is -3.17. The summed E-state index contributed by atoms with van der Waals surface area (Å²) in [6, 6.07) is 15.4. The largest absolute Gasteiger partial charge is 0.497 e. The number of benzene rings is 1. The van der Waals surface area contributed by atoms with Crippen LogP contribution in [0.2, 0.25) is 0 Å². The van der Waals surface area contributed by atoms with E-state index in [4.69, 9.17) is 24.5 Å². The molecule has 3 aromatic heterocycles. The van der Waals surface area contributed by atoms with Gasteiger partial charge < -0.3 is 20.3 Å². The van der Waals surface area contributed by atoms with Gasteiger partial charge in [0.1, 0.15) is 5.75 Å². The van der Waals surface area contributed by atoms with E-state index in [0.717, 1.165) is 28.0 Å². The predicted molar refractivity (Wildman–Crippen MR) is 130 cm³/mol. The van der Waals surface area contributed by atoms with Gasteiger partial charge in [-0.1, -0.05) is 18.2 Å². The molecule has 0 saturated heterocycles. The van der Waals surface area contributed by atoms with Gasteiger partial charge in [-0.3, -0.25) is 9.78 Å². The zero-order chi connectivity index (χ0) is 30.8. The van der Waals surface area contributed by atoms with E-state index in [1.165, 1.54) is 0 Å². The summed E-state index contributed by atoms with van der Waals surface area (Å²) in [5.41, 5.74) is 4.33. The highest BCUT2D eigenvalue weighted by molar-refractivity contribution is 6.00. The number of aliphatic carboxylic acids is 2. The number of fused-ring (bicyclic) bond motifs is 1. The van der Waals surface area contributed by atoms with E-state index in [2.05, 4.69) is 15.4 Å². The summed E-state index contributed by atoms with van der Waals surface area (Å²) in [5.74, 6) is -4.91. The zero-order valence-corrected chi connectivity index (χ0v) is 20.8. The highest BCUT2D eigenvalue weighted by atomic mass is 19.4. The highest BCUT2D eigenvalue weighted by Crippen LogP contribution is 2.21. The summed E-state index contributed by atoms with van der Waals surface area (Å²) in [6.45, 7) is 0.419. The fraction of sp³-hybridized carbons (Fsp3) is 0.160. The molecular formula is C25H20F6N4O6. The Labute approximate surface area is 226 Å². The Morgan fingerprint density at radius 1 is 0.902 bits per heavy atom. The fourth-order valence-corrected chi connectivity index (χ4v) is 2.93. The van der Waals surface area contributed by atoms with Crippen molar-refractivity contribution in [3.63, 3.8) is 0 Å². The Hall–Kier alpha value is -5.15. The van der Waals surface area contributed by atoms with Crippen molar-refractivity contribution in [2.45, 2.75) is 18.9 Å². The van der Waals surface area contributed by atoms with Gasteiger partial charge in [-0.05, 0) is 41.5 Å². The van der Waals surface area contributed by atoms with Crippen LogP contribution in [0.4, 0.5) is 26.3 Å². The first-order valence-corrected chi connectivity index (χ1v) is 11.0. The smallest absolute Gasteiger partial charge is 0.490 e. The summed E-state index contributed by atoms with van der Waals surface area (Å²) >= 11 is 0. The number of pyridine rings is 2. The summed E-state index contributed by atoms with van der Waals surface area (Å²) in [4.78, 5) is 34.4. The zero-order valence-electron chi connectivity index (χ0n) is 20.8. The molecule has 1 aromatic carbocycles. The van der Waals surface area contributed by atoms with Crippen LogP contribution in [0.25, 0.3) is 16.6 Å². The number of rotatable bonds is 5. The topological polar surface area (TPSA) is 143 Å². The number of ether oxygens (including phenoxy) is 1. The normalized spacial score (nSPS) is 10.9. The van der Waals surface area contributed by atoms with E-state index < -0.39 is 24.3 Å². The second-order valence-electron chi connectivity index (χ2n) is 7.68. The lowest BCUT2D eigenvalue weighted by atomic mass is 10.1. The summed E-state index contributed by atoms with van der Waals surface area (Å²) in [5, 5.41) is 21.5. The average molecular weight is 586 g/mol. The van der Waals surface area contributed by atoms with Gasteiger partial charge in [0.15, 0.2) is 0 Å². The summed E-state index contributed by atoms with van der Waals surface area (Å²) < 4.78 is 70.4. The molecule has 218 valence electrons. The first kappa shape index (κ1) is 32.1. The number of hydrogen-bond donors (Lipinski definition) is 3. The number of carbonyl (C=O) groups excluding carboxylic acids is 1. The second-order valence-corrected chi connectivity index (χ2v) is 7.68. The van der Waals surface area contributed by atoms with E-state index in [0.29, 0.717) is 12.1 Å². The molecule has 41 heavy (non-hydrogen) atoms. The lowest BCUT2D eigenvalue weighted by Crippen LogP contribution is -2.22. The molecule has 10 nitrogen and oxygen atoms in total. The number of aromatic nitrogens is 3. The molecule has 3 N–H and O–H groups in total. The Bertz CT molecular complexity index is 1470. The minimum atomic E-state index is -5.08. The van der Waals surface area contributed by atoms with Gasteiger partial charge in [-0.25, -0.2) is 14.1 Å². The average Bonchev–Trinajstić information content (AvgIpc) is 3.35. The van der Waals surface area contributed by atoms with Crippen LogP contribution in [-0.4, -0.2) is 62.1 Å². The van der Waals surface area contributed by atoms with Gasteiger partial charge >= 0.3 is 24.3 Å². The van der Waals surface area contributed by atoms with Crippen LogP contribution in [0.15, 0.2) is 73.3 Å². The lowest BCUT2D eigenvalue weighted by molar-refractivity contribution is -0.193. The standard InChI is InChI=1S/C21H18N4O2.2C2HF3O2/c1-27-18-4-2-3-15(11-18)12-23-21(26)19-13-24-25-14-17(5-6-20(19)25)16-7-9-22-10-8-16;2*3-2(4,5)1(6)7/h2-11,13-14H,12H2,1H3,(H,23,26);2*(H,6,7). The number of halogens is 6. The number of methoxy groups -OCH3 is 1. The molecule has 0 fully saturated rings. The molecule has 0 saturated carbocycles. The number of carboxylic acids is 2. The van der Waals surface area contributed by atoms with Crippen LogP contribution in [0.5, 0.6) is 5.75 Å². The van der Waals surface area contributed by atoms with E-state index in [9.17, 15) is 31.1 Å². The van der Waals surface area contributed by atoms with Crippen molar-refractivity contribution in [2.24, 2.45) is 0 Å². The molecule has 0 unspecified atom stereocenters. The van der Waals surface area contributed by atoms with Gasteiger partial charge in [-0.15, -0.1) is 0 Å². The van der Waals surface area contributed by atoms with Crippen molar-refractivity contribution in [3.05, 3.63) is 84.4 Å². The molecular weight excluding hydrogens is 566 g/mol. The number of hydrogen-bond acceptors (Lipinski definition) is 6. The SMILES string of the molecule is COc1cccc(CNC(=O)c2cnn3cc(-c4ccncc4)ccc23)c1.O=C(O)C(F)(F)F.O=C(O)C(F)(F)F. The van der Waals surface area contributed by atoms with Crippen molar-refractivity contribution >= 4 is 23.4 Å². The molecule has 16 heteroatoms. The van der Waals surface area contributed by atoms with Crippen molar-refractivity contribution in [2.75, 3.05) is 7.11 Å². The van der Waals surface area contributed by atoms with Crippen molar-refractivity contribution < 1.29 is 55.7 Å². The van der Waals surface area contributed by atoms with Crippen LogP contribution in [0.3, 0.4) is 0 Å². The van der Waals surface area contributed by atoms with Crippen molar-refractivity contribution in [3.8, 4) is 16.9 Å². The number of carboxylic acid groups (broad SMARTS) is 2. The molecule has 0 radical (unpaired) electrons. The van der Waals surface area contributed by atoms with Crippen LogP contribution in [0, 0.1) is 0 Å². The molecule has 0 aliphatic rings. The van der Waals surface area contributed by atoms with Crippen molar-refractivity contribution in [1.29, 1.82) is 0 Å². The Morgan fingerprint density at radius 3 is 2.02 bits per heavy atom. The Kier molecular flexibility index (Phi) is 10.8. The maximum Gasteiger partial charge on any atom is 0.490 e. The van der Waals surface area contributed by atoms with Crippen LogP contribution >= 0.6 is 0 Å². The first-order valence-electron chi connectivity index (χ1n) is 11.0. The monoisotopic (exact) mass is 586 g/mol. The Balaban J connectivity index is 0.000000349. The molecule has 4 aromatic rings. The molecule has 0 spiro atoms. The minimum Gasteiger partial charge on any atom is -0.497 e. The number of amides is 1. The lowest BCUT2D eigenvalue weighted by Gasteiger charge is -2.07. The van der Waals surface area contributed by atoms with Gasteiger partial charge in [-0.2, -0.15) is 31.4 Å². The van der Waals surface area contributed by atoms with Crippen LogP contribution in [-0.2, 0) is 16.1 Å².